The van der Waals surface area contributed by atoms with E-state index in [2.05, 4.69) is 108 Å². The van der Waals surface area contributed by atoms with E-state index < -0.39 is 0 Å². The Bertz CT molecular complexity index is 1480. The van der Waals surface area contributed by atoms with Gasteiger partial charge in [-0.15, -0.1) is 0 Å². The second kappa shape index (κ2) is 6.33. The van der Waals surface area contributed by atoms with Gasteiger partial charge in [0.1, 0.15) is 0 Å². The highest BCUT2D eigenvalue weighted by Gasteiger charge is 2.29. The van der Waals surface area contributed by atoms with Gasteiger partial charge in [0.05, 0.1) is 11.4 Å². The molecule has 0 radical (unpaired) electrons. The Kier molecular flexibility index (Phi) is 3.45. The zero-order valence-corrected chi connectivity index (χ0v) is 17.2. The van der Waals surface area contributed by atoms with E-state index in [1.807, 2.05) is 0 Å². The molecule has 0 atom stereocenters. The summed E-state index contributed by atoms with van der Waals surface area (Å²) in [4.78, 5) is 2.42. The number of rotatable bonds is 1. The molecule has 0 N–H and O–H groups in total. The first-order valence-corrected chi connectivity index (χ1v) is 11.0. The third-order valence-corrected chi connectivity index (χ3v) is 6.89. The Labute approximate surface area is 182 Å². The van der Waals surface area contributed by atoms with Crippen LogP contribution in [0.15, 0.2) is 103 Å². The van der Waals surface area contributed by atoms with Crippen molar-refractivity contribution in [2.75, 3.05) is 4.90 Å². The van der Waals surface area contributed by atoms with E-state index in [-0.39, 0.29) is 0 Å². The third kappa shape index (κ3) is 2.32. The summed E-state index contributed by atoms with van der Waals surface area (Å²) in [6.45, 7) is 0. The average Bonchev–Trinajstić information content (AvgIpc) is 2.85. The van der Waals surface area contributed by atoms with Gasteiger partial charge < -0.3 is 4.90 Å². The topological polar surface area (TPSA) is 3.24 Å². The van der Waals surface area contributed by atoms with Crippen molar-refractivity contribution in [2.24, 2.45) is 0 Å². The summed E-state index contributed by atoms with van der Waals surface area (Å²) >= 11 is 0. The van der Waals surface area contributed by atoms with Crippen LogP contribution in [0, 0.1) is 0 Å². The zero-order valence-electron chi connectivity index (χ0n) is 17.2. The van der Waals surface area contributed by atoms with Crippen LogP contribution >= 0.6 is 0 Å². The highest BCUT2D eigenvalue weighted by molar-refractivity contribution is 6.16. The summed E-state index contributed by atoms with van der Waals surface area (Å²) in [6.07, 6.45) is 2.21. The maximum Gasteiger partial charge on any atom is 0.0546 e. The van der Waals surface area contributed by atoms with Crippen LogP contribution in [-0.4, -0.2) is 0 Å². The molecule has 0 unspecified atom stereocenters. The van der Waals surface area contributed by atoms with Gasteiger partial charge >= 0.3 is 0 Å². The normalized spacial score (nSPS) is 13.5. The summed E-state index contributed by atoms with van der Waals surface area (Å²) < 4.78 is 0. The van der Waals surface area contributed by atoms with Crippen molar-refractivity contribution in [1.29, 1.82) is 0 Å². The minimum Gasteiger partial charge on any atom is -0.309 e. The number of benzene rings is 5. The average molecular weight is 396 g/mol. The molecule has 0 aromatic heterocycles. The lowest BCUT2D eigenvalue weighted by Crippen LogP contribution is -2.16. The summed E-state index contributed by atoms with van der Waals surface area (Å²) in [5.41, 5.74) is 12.1. The summed E-state index contributed by atoms with van der Waals surface area (Å²) in [5.74, 6) is 0. The molecule has 7 rings (SSSR count). The van der Waals surface area contributed by atoms with Crippen molar-refractivity contribution in [1.82, 2.24) is 0 Å². The first-order valence-electron chi connectivity index (χ1n) is 11.0. The Morgan fingerprint density at radius 2 is 1.26 bits per heavy atom. The SMILES string of the molecule is c1ccc(N2c3ccccc3-c3cc4c(c5cccc2c35)CCc2ccccc2-4)cc1. The van der Waals surface area contributed by atoms with Crippen LogP contribution in [0.3, 0.4) is 0 Å². The molecule has 1 heterocycles. The van der Waals surface area contributed by atoms with Crippen LogP contribution in [0.2, 0.25) is 0 Å². The van der Waals surface area contributed by atoms with Crippen molar-refractivity contribution < 1.29 is 0 Å². The van der Waals surface area contributed by atoms with E-state index in [0.29, 0.717) is 0 Å². The largest absolute Gasteiger partial charge is 0.309 e. The number of para-hydroxylation sites is 2. The van der Waals surface area contributed by atoms with Crippen molar-refractivity contribution in [3.05, 3.63) is 114 Å². The van der Waals surface area contributed by atoms with E-state index >= 15 is 0 Å². The van der Waals surface area contributed by atoms with Crippen LogP contribution in [0.5, 0.6) is 0 Å². The lowest BCUT2D eigenvalue weighted by molar-refractivity contribution is 0.951. The van der Waals surface area contributed by atoms with Crippen molar-refractivity contribution >= 4 is 27.8 Å². The standard InChI is InChI=1S/C30H21N/c1-2-10-21(11-3-1)31-28-15-7-6-13-24(28)27-19-26-22-12-5-4-9-20(22)17-18-23(26)25-14-8-16-29(31)30(25)27/h1-16,19H,17-18H2. The number of anilines is 3. The fraction of sp³-hybridized carbons (Fsp3) is 0.0667. The summed E-state index contributed by atoms with van der Waals surface area (Å²) in [5, 5.41) is 2.78. The molecular formula is C30H21N. The van der Waals surface area contributed by atoms with Gasteiger partial charge in [-0.1, -0.05) is 72.8 Å². The molecule has 0 saturated heterocycles. The molecule has 0 fully saturated rings. The van der Waals surface area contributed by atoms with Gasteiger partial charge in [0.2, 0.25) is 0 Å². The predicted molar refractivity (Wildman–Crippen MR) is 130 cm³/mol. The van der Waals surface area contributed by atoms with Gasteiger partial charge in [0.15, 0.2) is 0 Å². The first kappa shape index (κ1) is 16.9. The lowest BCUT2D eigenvalue weighted by Gasteiger charge is -2.35. The molecule has 5 aromatic carbocycles. The minimum atomic E-state index is 1.10. The number of hydrogen-bond acceptors (Lipinski definition) is 1. The summed E-state index contributed by atoms with van der Waals surface area (Å²) in [7, 11) is 0. The highest BCUT2D eigenvalue weighted by Crippen LogP contribution is 2.53. The molecule has 2 aliphatic rings. The fourth-order valence-corrected chi connectivity index (χ4v) is 5.57. The Balaban J connectivity index is 1.63. The number of hydrogen-bond donors (Lipinski definition) is 0. The predicted octanol–water partition coefficient (Wildman–Crippen LogP) is 8.06. The van der Waals surface area contributed by atoms with Gasteiger partial charge in [-0.2, -0.15) is 0 Å². The van der Waals surface area contributed by atoms with Gasteiger partial charge in [0, 0.05) is 16.6 Å². The van der Waals surface area contributed by atoms with Crippen LogP contribution in [-0.2, 0) is 12.8 Å². The Morgan fingerprint density at radius 3 is 2.16 bits per heavy atom. The second-order valence-electron chi connectivity index (χ2n) is 8.50. The molecule has 0 amide bonds. The smallest absolute Gasteiger partial charge is 0.0546 e. The van der Waals surface area contributed by atoms with Crippen molar-refractivity contribution in [3.8, 4) is 22.3 Å². The monoisotopic (exact) mass is 395 g/mol. The van der Waals surface area contributed by atoms with Gasteiger partial charge in [0.25, 0.3) is 0 Å². The minimum absolute atomic E-state index is 1.10. The molecule has 5 aromatic rings. The fourth-order valence-electron chi connectivity index (χ4n) is 5.57. The molecular weight excluding hydrogens is 374 g/mol. The van der Waals surface area contributed by atoms with Crippen LogP contribution < -0.4 is 4.90 Å². The molecule has 1 aliphatic carbocycles. The molecule has 0 spiro atoms. The number of fused-ring (bicyclic) bond motifs is 6. The molecule has 0 bridgehead atoms. The molecule has 31 heavy (non-hydrogen) atoms. The quantitative estimate of drug-likeness (QED) is 0.272. The van der Waals surface area contributed by atoms with E-state index in [9.17, 15) is 0 Å². The maximum atomic E-state index is 2.46. The molecule has 0 saturated carbocycles. The van der Waals surface area contributed by atoms with Crippen LogP contribution in [0.1, 0.15) is 11.1 Å². The van der Waals surface area contributed by atoms with E-state index in [4.69, 9.17) is 0 Å². The van der Waals surface area contributed by atoms with Gasteiger partial charge in [-0.05, 0) is 76.4 Å². The summed E-state index contributed by atoms with van der Waals surface area (Å²) in [6, 6.07) is 37.8. The first-order chi connectivity index (χ1) is 15.4. The molecule has 1 heteroatoms. The van der Waals surface area contributed by atoms with Crippen molar-refractivity contribution in [3.63, 3.8) is 0 Å². The van der Waals surface area contributed by atoms with E-state index in [1.165, 1.54) is 61.2 Å². The van der Waals surface area contributed by atoms with Crippen molar-refractivity contribution in [2.45, 2.75) is 12.8 Å². The molecule has 1 aliphatic heterocycles. The highest BCUT2D eigenvalue weighted by atomic mass is 15.2. The van der Waals surface area contributed by atoms with Gasteiger partial charge in [-0.3, -0.25) is 0 Å². The Hall–Kier alpha value is -3.84. The number of aryl methyl sites for hydroxylation is 2. The van der Waals surface area contributed by atoms with Crippen LogP contribution in [0.25, 0.3) is 33.0 Å². The van der Waals surface area contributed by atoms with E-state index in [0.717, 1.165) is 12.8 Å². The maximum absolute atomic E-state index is 2.46. The molecule has 146 valence electrons. The van der Waals surface area contributed by atoms with Crippen LogP contribution in [0.4, 0.5) is 17.1 Å². The molecule has 1 nitrogen and oxygen atoms in total. The van der Waals surface area contributed by atoms with Gasteiger partial charge in [-0.25, -0.2) is 0 Å². The Morgan fingerprint density at radius 1 is 0.516 bits per heavy atom. The zero-order chi connectivity index (χ0) is 20.4. The van der Waals surface area contributed by atoms with E-state index in [1.54, 1.807) is 0 Å². The third-order valence-electron chi connectivity index (χ3n) is 6.89. The number of nitrogens with zero attached hydrogens (tertiary/aromatic N) is 1. The lowest BCUT2D eigenvalue weighted by atomic mass is 9.79. The second-order valence-corrected chi connectivity index (χ2v) is 8.50.